The Balaban J connectivity index is 2.52. The first kappa shape index (κ1) is 17.2. The number of hydrogen-bond acceptors (Lipinski definition) is 3. The molecule has 0 spiro atoms. The van der Waals surface area contributed by atoms with Crippen molar-refractivity contribution in [2.45, 2.75) is 53.5 Å². The van der Waals surface area contributed by atoms with Gasteiger partial charge in [0, 0.05) is 28.9 Å². The Bertz CT molecular complexity index is 422. The van der Waals surface area contributed by atoms with E-state index in [1.807, 2.05) is 16.2 Å². The largest absolute Gasteiger partial charge is 0.342 e. The molecule has 3 nitrogen and oxygen atoms in total. The van der Waals surface area contributed by atoms with Crippen molar-refractivity contribution in [3.63, 3.8) is 0 Å². The lowest BCUT2D eigenvalue weighted by Gasteiger charge is -2.23. The number of rotatable bonds is 8. The molecular formula is C16H28N2OS. The van der Waals surface area contributed by atoms with Crippen LogP contribution in [0.25, 0.3) is 0 Å². The minimum atomic E-state index is 0.213. The van der Waals surface area contributed by atoms with E-state index in [-0.39, 0.29) is 11.9 Å². The fourth-order valence-corrected chi connectivity index (χ4v) is 3.47. The van der Waals surface area contributed by atoms with Crippen molar-refractivity contribution >= 4 is 17.2 Å². The molecule has 0 bridgehead atoms. The summed E-state index contributed by atoms with van der Waals surface area (Å²) < 4.78 is 0. The van der Waals surface area contributed by atoms with Gasteiger partial charge in [-0.2, -0.15) is 0 Å². The van der Waals surface area contributed by atoms with Crippen LogP contribution in [0.5, 0.6) is 0 Å². The Kier molecular flexibility index (Phi) is 7.24. The molecule has 1 heterocycles. The standard InChI is InChI=1S/C16H28N2OS/c1-6-8-18(9-7-2)16(19)11-17-13(4)15-10-12(3)20-14(15)5/h10,13,17H,6-9,11H2,1-5H3. The van der Waals surface area contributed by atoms with E-state index in [0.717, 1.165) is 25.9 Å². The SMILES string of the molecule is CCCN(CCC)C(=O)CNC(C)c1cc(C)sc1C. The van der Waals surface area contributed by atoms with E-state index >= 15 is 0 Å². The first-order valence-electron chi connectivity index (χ1n) is 7.57. The maximum atomic E-state index is 12.2. The molecule has 1 unspecified atom stereocenters. The highest BCUT2D eigenvalue weighted by Crippen LogP contribution is 2.25. The van der Waals surface area contributed by atoms with E-state index in [0.29, 0.717) is 6.54 Å². The second-order valence-electron chi connectivity index (χ2n) is 5.35. The number of nitrogens with zero attached hydrogens (tertiary/aromatic N) is 1. The molecule has 0 saturated heterocycles. The van der Waals surface area contributed by atoms with Crippen molar-refractivity contribution in [3.8, 4) is 0 Å². The lowest BCUT2D eigenvalue weighted by atomic mass is 10.1. The molecule has 0 fully saturated rings. The number of amides is 1. The zero-order chi connectivity index (χ0) is 15.1. The average Bonchev–Trinajstić information content (AvgIpc) is 2.74. The normalized spacial score (nSPS) is 12.4. The van der Waals surface area contributed by atoms with Crippen LogP contribution in [0.2, 0.25) is 0 Å². The summed E-state index contributed by atoms with van der Waals surface area (Å²) in [5, 5.41) is 3.37. The van der Waals surface area contributed by atoms with Crippen LogP contribution < -0.4 is 5.32 Å². The Labute approximate surface area is 127 Å². The highest BCUT2D eigenvalue weighted by Gasteiger charge is 2.15. The van der Waals surface area contributed by atoms with Crippen LogP contribution in [0.15, 0.2) is 6.07 Å². The maximum absolute atomic E-state index is 12.2. The number of hydrogen-bond donors (Lipinski definition) is 1. The molecule has 0 aliphatic carbocycles. The molecule has 1 rings (SSSR count). The van der Waals surface area contributed by atoms with Gasteiger partial charge in [0.25, 0.3) is 0 Å². The van der Waals surface area contributed by atoms with E-state index in [1.54, 1.807) is 0 Å². The number of carbonyl (C=O) groups excluding carboxylic acids is 1. The third-order valence-electron chi connectivity index (χ3n) is 3.45. The van der Waals surface area contributed by atoms with Gasteiger partial charge in [0.15, 0.2) is 0 Å². The van der Waals surface area contributed by atoms with Crippen molar-refractivity contribution in [2.24, 2.45) is 0 Å². The van der Waals surface area contributed by atoms with Crippen molar-refractivity contribution in [1.82, 2.24) is 10.2 Å². The lowest BCUT2D eigenvalue weighted by molar-refractivity contribution is -0.130. The molecule has 1 atom stereocenters. The van der Waals surface area contributed by atoms with Crippen LogP contribution in [-0.2, 0) is 4.79 Å². The summed E-state index contributed by atoms with van der Waals surface area (Å²) in [5.74, 6) is 0.213. The van der Waals surface area contributed by atoms with Crippen molar-refractivity contribution in [3.05, 3.63) is 21.4 Å². The summed E-state index contributed by atoms with van der Waals surface area (Å²) in [6.45, 7) is 12.8. The average molecular weight is 296 g/mol. The molecule has 1 aromatic rings. The molecule has 0 aliphatic rings. The Morgan fingerprint density at radius 1 is 1.30 bits per heavy atom. The first-order chi connectivity index (χ1) is 9.49. The molecule has 0 radical (unpaired) electrons. The minimum Gasteiger partial charge on any atom is -0.342 e. The molecule has 0 aromatic carbocycles. The molecule has 114 valence electrons. The summed E-state index contributed by atoms with van der Waals surface area (Å²) in [5.41, 5.74) is 1.32. The quantitative estimate of drug-likeness (QED) is 0.794. The minimum absolute atomic E-state index is 0.213. The number of thiophene rings is 1. The predicted molar refractivity (Wildman–Crippen MR) is 87.4 cm³/mol. The second-order valence-corrected chi connectivity index (χ2v) is 6.81. The van der Waals surface area contributed by atoms with Gasteiger partial charge in [-0.1, -0.05) is 13.8 Å². The zero-order valence-electron chi connectivity index (χ0n) is 13.5. The Morgan fingerprint density at radius 3 is 2.35 bits per heavy atom. The fraction of sp³-hybridized carbons (Fsp3) is 0.688. The van der Waals surface area contributed by atoms with Gasteiger partial charge in [0.1, 0.15) is 0 Å². The summed E-state index contributed by atoms with van der Waals surface area (Å²) in [6.07, 6.45) is 2.04. The van der Waals surface area contributed by atoms with Gasteiger partial charge in [0.05, 0.1) is 6.54 Å². The topological polar surface area (TPSA) is 32.3 Å². The molecule has 1 aromatic heterocycles. The number of carbonyl (C=O) groups is 1. The number of aryl methyl sites for hydroxylation is 2. The van der Waals surface area contributed by atoms with Gasteiger partial charge in [-0.15, -0.1) is 11.3 Å². The van der Waals surface area contributed by atoms with Crippen LogP contribution in [0.1, 0.15) is 55.0 Å². The second kappa shape index (κ2) is 8.42. The van der Waals surface area contributed by atoms with E-state index in [2.05, 4.69) is 46.0 Å². The van der Waals surface area contributed by atoms with Gasteiger partial charge in [0.2, 0.25) is 5.91 Å². The third-order valence-corrected chi connectivity index (χ3v) is 4.43. The smallest absolute Gasteiger partial charge is 0.236 e. The molecule has 1 amide bonds. The number of nitrogens with one attached hydrogen (secondary N) is 1. The Hall–Kier alpha value is -0.870. The van der Waals surface area contributed by atoms with Crippen LogP contribution in [-0.4, -0.2) is 30.4 Å². The monoisotopic (exact) mass is 296 g/mol. The summed E-state index contributed by atoms with van der Waals surface area (Å²) in [7, 11) is 0. The van der Waals surface area contributed by atoms with E-state index < -0.39 is 0 Å². The molecule has 20 heavy (non-hydrogen) atoms. The van der Waals surface area contributed by atoms with Crippen LogP contribution in [0.4, 0.5) is 0 Å². The van der Waals surface area contributed by atoms with Crippen LogP contribution >= 0.6 is 11.3 Å². The van der Waals surface area contributed by atoms with Gasteiger partial charge in [-0.05, 0) is 45.2 Å². The van der Waals surface area contributed by atoms with Gasteiger partial charge in [-0.3, -0.25) is 4.79 Å². The third kappa shape index (κ3) is 4.91. The van der Waals surface area contributed by atoms with Gasteiger partial charge >= 0.3 is 0 Å². The van der Waals surface area contributed by atoms with Crippen LogP contribution in [0, 0.1) is 13.8 Å². The van der Waals surface area contributed by atoms with Crippen molar-refractivity contribution in [2.75, 3.05) is 19.6 Å². The summed E-state index contributed by atoms with van der Waals surface area (Å²) in [4.78, 5) is 16.9. The molecule has 0 aliphatic heterocycles. The van der Waals surface area contributed by atoms with Crippen LogP contribution in [0.3, 0.4) is 0 Å². The molecular weight excluding hydrogens is 268 g/mol. The lowest BCUT2D eigenvalue weighted by Crippen LogP contribution is -2.39. The first-order valence-corrected chi connectivity index (χ1v) is 8.39. The van der Waals surface area contributed by atoms with Crippen molar-refractivity contribution in [1.29, 1.82) is 0 Å². The van der Waals surface area contributed by atoms with Gasteiger partial charge < -0.3 is 10.2 Å². The molecule has 0 saturated carbocycles. The zero-order valence-corrected chi connectivity index (χ0v) is 14.3. The molecule has 4 heteroatoms. The Morgan fingerprint density at radius 2 is 1.90 bits per heavy atom. The van der Waals surface area contributed by atoms with Crippen molar-refractivity contribution < 1.29 is 4.79 Å². The summed E-state index contributed by atoms with van der Waals surface area (Å²) >= 11 is 1.82. The van der Waals surface area contributed by atoms with E-state index in [1.165, 1.54) is 15.3 Å². The molecule has 1 N–H and O–H groups in total. The predicted octanol–water partition coefficient (Wildman–Crippen LogP) is 3.66. The van der Waals surface area contributed by atoms with E-state index in [4.69, 9.17) is 0 Å². The highest BCUT2D eigenvalue weighted by atomic mass is 32.1. The maximum Gasteiger partial charge on any atom is 0.236 e. The van der Waals surface area contributed by atoms with E-state index in [9.17, 15) is 4.79 Å². The fourth-order valence-electron chi connectivity index (χ4n) is 2.44. The highest BCUT2D eigenvalue weighted by molar-refractivity contribution is 7.12. The summed E-state index contributed by atoms with van der Waals surface area (Å²) in [6, 6.07) is 2.45. The van der Waals surface area contributed by atoms with Gasteiger partial charge in [-0.25, -0.2) is 0 Å².